The van der Waals surface area contributed by atoms with Crippen LogP contribution in [-0.2, 0) is 19.1 Å². The van der Waals surface area contributed by atoms with Crippen LogP contribution in [-0.4, -0.2) is 43.3 Å². The van der Waals surface area contributed by atoms with Crippen molar-refractivity contribution in [3.05, 3.63) is 0 Å². The van der Waals surface area contributed by atoms with E-state index < -0.39 is 6.09 Å². The fourth-order valence-corrected chi connectivity index (χ4v) is 1.91. The molecule has 7 nitrogen and oxygen atoms in total. The van der Waals surface area contributed by atoms with Crippen molar-refractivity contribution in [2.45, 2.75) is 78.3 Å². The molecule has 0 aromatic rings. The van der Waals surface area contributed by atoms with Crippen molar-refractivity contribution in [3.63, 3.8) is 0 Å². The van der Waals surface area contributed by atoms with Crippen LogP contribution in [0.2, 0.25) is 0 Å². The lowest BCUT2D eigenvalue weighted by atomic mass is 10.2. The quantitative estimate of drug-likeness (QED) is 0.419. The SMILES string of the molecule is CCCCOC(=O)CC(C)NC(=O)CC(C)NC(=O)OCCCC. The number of hydrogen-bond donors (Lipinski definition) is 2. The van der Waals surface area contributed by atoms with Crippen molar-refractivity contribution in [3.8, 4) is 0 Å². The summed E-state index contributed by atoms with van der Waals surface area (Å²) in [6, 6.07) is -0.654. The van der Waals surface area contributed by atoms with Crippen LogP contribution in [0.4, 0.5) is 4.79 Å². The van der Waals surface area contributed by atoms with E-state index in [4.69, 9.17) is 9.47 Å². The Kier molecular flexibility index (Phi) is 12.6. The van der Waals surface area contributed by atoms with Gasteiger partial charge in [-0.2, -0.15) is 0 Å². The van der Waals surface area contributed by atoms with Gasteiger partial charge in [0.05, 0.1) is 19.6 Å². The Bertz CT molecular complexity index is 353. The predicted molar refractivity (Wildman–Crippen MR) is 91.6 cm³/mol. The summed E-state index contributed by atoms with van der Waals surface area (Å²) < 4.78 is 10.0. The summed E-state index contributed by atoms with van der Waals surface area (Å²) in [5, 5.41) is 5.33. The third-order valence-electron chi connectivity index (χ3n) is 3.23. The van der Waals surface area contributed by atoms with Crippen LogP contribution in [0.25, 0.3) is 0 Å². The van der Waals surface area contributed by atoms with Crippen LogP contribution < -0.4 is 10.6 Å². The molecule has 0 heterocycles. The fraction of sp³-hybridized carbons (Fsp3) is 0.824. The molecule has 0 aliphatic rings. The zero-order valence-corrected chi connectivity index (χ0v) is 15.4. The second-order valence-corrected chi connectivity index (χ2v) is 5.99. The van der Waals surface area contributed by atoms with Crippen LogP contribution in [0.5, 0.6) is 0 Å². The molecule has 0 saturated carbocycles. The van der Waals surface area contributed by atoms with Gasteiger partial charge in [-0.15, -0.1) is 0 Å². The van der Waals surface area contributed by atoms with E-state index in [0.29, 0.717) is 13.2 Å². The van der Waals surface area contributed by atoms with E-state index in [1.165, 1.54) is 0 Å². The topological polar surface area (TPSA) is 93.7 Å². The number of hydrogen-bond acceptors (Lipinski definition) is 5. The number of esters is 1. The van der Waals surface area contributed by atoms with Gasteiger partial charge in [0.15, 0.2) is 0 Å². The van der Waals surface area contributed by atoms with Crippen LogP contribution in [0.15, 0.2) is 0 Å². The number of unbranched alkanes of at least 4 members (excludes halogenated alkanes) is 2. The van der Waals surface area contributed by atoms with E-state index in [0.717, 1.165) is 25.7 Å². The van der Waals surface area contributed by atoms with Gasteiger partial charge in [-0.1, -0.05) is 26.7 Å². The molecule has 7 heteroatoms. The highest BCUT2D eigenvalue weighted by Crippen LogP contribution is 1.99. The molecule has 0 saturated heterocycles. The van der Waals surface area contributed by atoms with Gasteiger partial charge in [-0.05, 0) is 26.7 Å². The number of amides is 2. The third kappa shape index (κ3) is 12.7. The maximum Gasteiger partial charge on any atom is 0.407 e. The van der Waals surface area contributed by atoms with Crippen molar-refractivity contribution in [2.75, 3.05) is 13.2 Å². The summed E-state index contributed by atoms with van der Waals surface area (Å²) in [6.45, 7) is 8.29. The molecule has 0 radical (unpaired) electrons. The second kappa shape index (κ2) is 13.6. The van der Waals surface area contributed by atoms with Crippen molar-refractivity contribution in [2.24, 2.45) is 0 Å². The van der Waals surface area contributed by atoms with Gasteiger partial charge in [0.25, 0.3) is 0 Å². The molecule has 0 aromatic carbocycles. The van der Waals surface area contributed by atoms with Crippen LogP contribution in [0, 0.1) is 0 Å². The molecular formula is C17H32N2O5. The highest BCUT2D eigenvalue weighted by Gasteiger charge is 2.16. The third-order valence-corrected chi connectivity index (χ3v) is 3.23. The first-order valence-electron chi connectivity index (χ1n) is 8.77. The van der Waals surface area contributed by atoms with Gasteiger partial charge in [0.1, 0.15) is 0 Å². The number of nitrogens with one attached hydrogen (secondary N) is 2. The molecule has 2 unspecified atom stereocenters. The molecule has 2 N–H and O–H groups in total. The minimum absolute atomic E-state index is 0.123. The summed E-state index contributed by atoms with van der Waals surface area (Å²) >= 11 is 0. The Balaban J connectivity index is 3.93. The van der Waals surface area contributed by atoms with Gasteiger partial charge in [-0.3, -0.25) is 9.59 Å². The van der Waals surface area contributed by atoms with Crippen molar-refractivity contribution in [1.82, 2.24) is 10.6 Å². The first kappa shape index (κ1) is 22.2. The van der Waals surface area contributed by atoms with Gasteiger partial charge in [0.2, 0.25) is 5.91 Å². The van der Waals surface area contributed by atoms with E-state index in [2.05, 4.69) is 10.6 Å². The summed E-state index contributed by atoms with van der Waals surface area (Å²) in [4.78, 5) is 34.9. The van der Waals surface area contributed by atoms with Crippen molar-refractivity contribution in [1.29, 1.82) is 0 Å². The number of alkyl carbamates (subject to hydrolysis) is 1. The summed E-state index contributed by atoms with van der Waals surface area (Å²) in [5.41, 5.74) is 0. The number of carbonyl (C=O) groups is 3. The minimum atomic E-state index is -0.517. The summed E-state index contributed by atoms with van der Waals surface area (Å²) in [7, 11) is 0. The zero-order valence-electron chi connectivity index (χ0n) is 15.4. The maximum atomic E-state index is 11.9. The van der Waals surface area contributed by atoms with Crippen LogP contribution in [0.1, 0.15) is 66.2 Å². The fourth-order valence-electron chi connectivity index (χ4n) is 1.91. The first-order valence-corrected chi connectivity index (χ1v) is 8.77. The molecular weight excluding hydrogens is 312 g/mol. The molecule has 0 aliphatic carbocycles. The Hall–Kier alpha value is -1.79. The average molecular weight is 344 g/mol. The van der Waals surface area contributed by atoms with E-state index in [1.54, 1.807) is 13.8 Å². The summed E-state index contributed by atoms with van der Waals surface area (Å²) in [5.74, 6) is -0.549. The Labute approximate surface area is 144 Å². The lowest BCUT2D eigenvalue weighted by Crippen LogP contribution is -2.40. The highest BCUT2D eigenvalue weighted by molar-refractivity contribution is 5.79. The van der Waals surface area contributed by atoms with E-state index in [1.807, 2.05) is 13.8 Å². The average Bonchev–Trinajstić information content (AvgIpc) is 2.46. The van der Waals surface area contributed by atoms with Crippen LogP contribution >= 0.6 is 0 Å². The van der Waals surface area contributed by atoms with E-state index >= 15 is 0 Å². The number of ether oxygens (including phenoxy) is 2. The van der Waals surface area contributed by atoms with Gasteiger partial charge in [-0.25, -0.2) is 4.79 Å². The predicted octanol–water partition coefficient (Wildman–Crippen LogP) is 2.53. The Morgan fingerprint density at radius 2 is 1.38 bits per heavy atom. The maximum absolute atomic E-state index is 11.9. The Morgan fingerprint density at radius 1 is 0.833 bits per heavy atom. The number of rotatable bonds is 12. The molecule has 0 aromatic heterocycles. The summed E-state index contributed by atoms with van der Waals surface area (Å²) in [6.07, 6.45) is 3.30. The molecule has 24 heavy (non-hydrogen) atoms. The van der Waals surface area contributed by atoms with E-state index in [9.17, 15) is 14.4 Å². The molecule has 140 valence electrons. The van der Waals surface area contributed by atoms with Crippen LogP contribution in [0.3, 0.4) is 0 Å². The molecule has 0 bridgehead atoms. The molecule has 0 fully saturated rings. The van der Waals surface area contributed by atoms with Crippen molar-refractivity contribution < 1.29 is 23.9 Å². The molecule has 2 atom stereocenters. The normalized spacial score (nSPS) is 12.8. The molecule has 0 spiro atoms. The Morgan fingerprint density at radius 3 is 1.96 bits per heavy atom. The molecule has 2 amide bonds. The largest absolute Gasteiger partial charge is 0.466 e. The minimum Gasteiger partial charge on any atom is -0.466 e. The monoisotopic (exact) mass is 344 g/mol. The van der Waals surface area contributed by atoms with E-state index in [-0.39, 0.29) is 36.8 Å². The van der Waals surface area contributed by atoms with Gasteiger partial charge < -0.3 is 20.1 Å². The standard InChI is InChI=1S/C17H32N2O5/c1-5-7-9-23-16(21)12-14(4)18-15(20)11-13(3)19-17(22)24-10-8-6-2/h13-14H,5-12H2,1-4H3,(H,18,20)(H,19,22). The lowest BCUT2D eigenvalue weighted by molar-refractivity contribution is -0.144. The first-order chi connectivity index (χ1) is 11.4. The van der Waals surface area contributed by atoms with Crippen molar-refractivity contribution >= 4 is 18.0 Å². The molecule has 0 aliphatic heterocycles. The molecule has 0 rings (SSSR count). The smallest absolute Gasteiger partial charge is 0.407 e. The van der Waals surface area contributed by atoms with Gasteiger partial charge in [0, 0.05) is 18.5 Å². The number of carbonyl (C=O) groups excluding carboxylic acids is 3. The highest BCUT2D eigenvalue weighted by atomic mass is 16.5. The zero-order chi connectivity index (χ0) is 18.4. The van der Waals surface area contributed by atoms with Gasteiger partial charge >= 0.3 is 12.1 Å². The second-order valence-electron chi connectivity index (χ2n) is 5.99. The lowest BCUT2D eigenvalue weighted by Gasteiger charge is -2.17.